The van der Waals surface area contributed by atoms with Crippen LogP contribution >= 0.6 is 0 Å². The third kappa shape index (κ3) is 1.36. The van der Waals surface area contributed by atoms with E-state index in [9.17, 15) is 5.11 Å². The fourth-order valence-electron chi connectivity index (χ4n) is 1.04. The Morgan fingerprint density at radius 1 is 1.70 bits per heavy atom. The van der Waals surface area contributed by atoms with E-state index in [4.69, 9.17) is 0 Å². The van der Waals surface area contributed by atoms with Crippen LogP contribution in [0.1, 0.15) is 13.3 Å². The molecule has 0 heterocycles. The van der Waals surface area contributed by atoms with Crippen LogP contribution in [0.25, 0.3) is 0 Å². The van der Waals surface area contributed by atoms with E-state index < -0.39 is 0 Å². The number of aliphatic hydroxyl groups is 1. The van der Waals surface area contributed by atoms with Gasteiger partial charge in [0, 0.05) is 0 Å². The molecule has 1 nitrogen and oxygen atoms in total. The van der Waals surface area contributed by atoms with Crippen LogP contribution in [0.5, 0.6) is 0 Å². The molecule has 0 aliphatic heterocycles. The van der Waals surface area contributed by atoms with Gasteiger partial charge in [0.15, 0.2) is 0 Å². The quantitative estimate of drug-likeness (QED) is 0.583. The summed E-state index contributed by atoms with van der Waals surface area (Å²) in [5, 5.41) is 9.36. The molecule has 0 spiro atoms. The lowest BCUT2D eigenvalue weighted by molar-refractivity contribution is 0.213. The molecule has 1 rings (SSSR count). The summed E-state index contributed by atoms with van der Waals surface area (Å²) in [6, 6.07) is 0. The van der Waals surface area contributed by atoms with Gasteiger partial charge in [0.2, 0.25) is 0 Å². The van der Waals surface area contributed by atoms with E-state index in [1.807, 2.05) is 19.1 Å². The van der Waals surface area contributed by atoms with Crippen molar-refractivity contribution in [2.24, 2.45) is 0 Å². The van der Waals surface area contributed by atoms with Gasteiger partial charge in [0.05, 0.1) is 6.10 Å². The van der Waals surface area contributed by atoms with Gasteiger partial charge in [-0.2, -0.15) is 0 Å². The molecule has 0 aromatic rings. The Bertz CT molecular complexity index is 199. The molecule has 54 valence electrons. The minimum Gasteiger partial charge on any atom is -0.388 e. The van der Waals surface area contributed by atoms with Crippen LogP contribution in [0.2, 0.25) is 0 Å². The van der Waals surface area contributed by atoms with Crippen molar-refractivity contribution in [1.82, 2.24) is 0 Å². The molecule has 0 aromatic heterocycles. The molecule has 0 aromatic carbocycles. The minimum absolute atomic E-state index is 0.331. The largest absolute Gasteiger partial charge is 0.388 e. The highest BCUT2D eigenvalue weighted by Gasteiger charge is 2.10. The van der Waals surface area contributed by atoms with Gasteiger partial charge in [-0.1, -0.05) is 30.4 Å². The van der Waals surface area contributed by atoms with Crippen molar-refractivity contribution < 1.29 is 5.11 Å². The van der Waals surface area contributed by atoms with E-state index in [0.29, 0.717) is 0 Å². The van der Waals surface area contributed by atoms with Crippen LogP contribution in [0.3, 0.4) is 0 Å². The molecule has 0 saturated carbocycles. The Balaban J connectivity index is 2.81. The van der Waals surface area contributed by atoms with Crippen molar-refractivity contribution in [3.05, 3.63) is 36.0 Å². The summed E-state index contributed by atoms with van der Waals surface area (Å²) in [5.41, 5.74) is 2.14. The number of aliphatic hydroxyl groups excluding tert-OH is 1. The summed E-state index contributed by atoms with van der Waals surface area (Å²) in [4.78, 5) is 0. The summed E-state index contributed by atoms with van der Waals surface area (Å²) in [5.74, 6) is 0. The molecule has 1 atom stereocenters. The first-order chi connectivity index (χ1) is 4.74. The van der Waals surface area contributed by atoms with Gasteiger partial charge in [-0.3, -0.25) is 0 Å². The van der Waals surface area contributed by atoms with Gasteiger partial charge in [-0.05, 0) is 18.9 Å². The van der Waals surface area contributed by atoms with E-state index in [-0.39, 0.29) is 6.10 Å². The first-order valence-electron chi connectivity index (χ1n) is 3.42. The number of hydrogen-bond acceptors (Lipinski definition) is 1. The SMILES string of the molecule is C=CC1=CC=C(C)CC1O. The summed E-state index contributed by atoms with van der Waals surface area (Å²) in [6.07, 6.45) is 6.05. The second-order valence-electron chi connectivity index (χ2n) is 2.60. The van der Waals surface area contributed by atoms with Gasteiger partial charge >= 0.3 is 0 Å². The number of rotatable bonds is 1. The Morgan fingerprint density at radius 3 is 2.90 bits per heavy atom. The van der Waals surface area contributed by atoms with E-state index in [0.717, 1.165) is 12.0 Å². The third-order valence-corrected chi connectivity index (χ3v) is 1.70. The lowest BCUT2D eigenvalue weighted by Gasteiger charge is -2.15. The summed E-state index contributed by atoms with van der Waals surface area (Å²) in [7, 11) is 0. The van der Waals surface area contributed by atoms with Gasteiger partial charge in [0.25, 0.3) is 0 Å². The van der Waals surface area contributed by atoms with Gasteiger partial charge < -0.3 is 5.11 Å². The average Bonchev–Trinajstić information content (AvgIpc) is 1.88. The topological polar surface area (TPSA) is 20.2 Å². The molecule has 0 bridgehead atoms. The van der Waals surface area contributed by atoms with Crippen LogP contribution in [-0.2, 0) is 0 Å². The summed E-state index contributed by atoms with van der Waals surface area (Å²) >= 11 is 0. The highest BCUT2D eigenvalue weighted by molar-refractivity contribution is 5.32. The van der Waals surface area contributed by atoms with Crippen LogP contribution in [0, 0.1) is 0 Å². The molecule has 0 saturated heterocycles. The zero-order valence-electron chi connectivity index (χ0n) is 6.17. The Hall–Kier alpha value is -0.820. The second kappa shape index (κ2) is 2.84. The van der Waals surface area contributed by atoms with Crippen LogP contribution < -0.4 is 0 Å². The normalized spacial score (nSPS) is 25.2. The molecule has 1 N–H and O–H groups in total. The van der Waals surface area contributed by atoms with E-state index in [2.05, 4.69) is 6.58 Å². The molecule has 1 aliphatic carbocycles. The molecule has 0 amide bonds. The van der Waals surface area contributed by atoms with Crippen molar-refractivity contribution >= 4 is 0 Å². The number of allylic oxidation sites excluding steroid dienone is 2. The van der Waals surface area contributed by atoms with Crippen LogP contribution in [0.4, 0.5) is 0 Å². The van der Waals surface area contributed by atoms with Gasteiger partial charge in [-0.15, -0.1) is 0 Å². The van der Waals surface area contributed by atoms with Crippen LogP contribution in [-0.4, -0.2) is 11.2 Å². The fourth-order valence-corrected chi connectivity index (χ4v) is 1.04. The average molecular weight is 136 g/mol. The summed E-state index contributed by atoms with van der Waals surface area (Å²) in [6.45, 7) is 5.62. The number of hydrogen-bond donors (Lipinski definition) is 1. The monoisotopic (exact) mass is 136 g/mol. The molecule has 1 unspecified atom stereocenters. The minimum atomic E-state index is -0.331. The second-order valence-corrected chi connectivity index (χ2v) is 2.60. The van der Waals surface area contributed by atoms with Crippen molar-refractivity contribution in [2.45, 2.75) is 19.4 Å². The Morgan fingerprint density at radius 2 is 2.40 bits per heavy atom. The summed E-state index contributed by atoms with van der Waals surface area (Å²) < 4.78 is 0. The van der Waals surface area contributed by atoms with Crippen molar-refractivity contribution in [3.8, 4) is 0 Å². The third-order valence-electron chi connectivity index (χ3n) is 1.70. The first-order valence-corrected chi connectivity index (χ1v) is 3.42. The molecular weight excluding hydrogens is 124 g/mol. The molecular formula is C9H12O. The maximum atomic E-state index is 9.36. The maximum absolute atomic E-state index is 9.36. The maximum Gasteiger partial charge on any atom is 0.0826 e. The predicted octanol–water partition coefficient (Wildman–Crippen LogP) is 1.81. The molecule has 0 fully saturated rings. The lowest BCUT2D eigenvalue weighted by atomic mass is 9.97. The predicted molar refractivity (Wildman–Crippen MR) is 42.7 cm³/mol. The highest BCUT2D eigenvalue weighted by Crippen LogP contribution is 2.18. The molecule has 0 radical (unpaired) electrons. The van der Waals surface area contributed by atoms with Gasteiger partial charge in [0.1, 0.15) is 0 Å². The fraction of sp³-hybridized carbons (Fsp3) is 0.333. The van der Waals surface area contributed by atoms with E-state index >= 15 is 0 Å². The highest BCUT2D eigenvalue weighted by atomic mass is 16.3. The van der Waals surface area contributed by atoms with Crippen molar-refractivity contribution in [3.63, 3.8) is 0 Å². The van der Waals surface area contributed by atoms with E-state index in [1.165, 1.54) is 5.57 Å². The zero-order chi connectivity index (χ0) is 7.56. The van der Waals surface area contributed by atoms with Crippen molar-refractivity contribution in [1.29, 1.82) is 0 Å². The Kier molecular flexibility index (Phi) is 2.07. The standard InChI is InChI=1S/C9H12O/c1-3-8-5-4-7(2)6-9(8)10/h3-5,9-10H,1,6H2,2H3. The molecule has 1 heteroatoms. The molecule has 1 aliphatic rings. The van der Waals surface area contributed by atoms with Gasteiger partial charge in [-0.25, -0.2) is 0 Å². The van der Waals surface area contributed by atoms with Crippen LogP contribution in [0.15, 0.2) is 36.0 Å². The zero-order valence-corrected chi connectivity index (χ0v) is 6.17. The first kappa shape index (κ1) is 7.29. The van der Waals surface area contributed by atoms with E-state index in [1.54, 1.807) is 6.08 Å². The molecule has 10 heavy (non-hydrogen) atoms. The lowest BCUT2D eigenvalue weighted by Crippen LogP contribution is -2.11. The Labute approximate surface area is 61.4 Å². The van der Waals surface area contributed by atoms with Crippen molar-refractivity contribution in [2.75, 3.05) is 0 Å². The smallest absolute Gasteiger partial charge is 0.0826 e.